The van der Waals surface area contributed by atoms with Crippen LogP contribution in [-0.2, 0) is 0 Å². The van der Waals surface area contributed by atoms with Crippen molar-refractivity contribution in [2.45, 2.75) is 0 Å². The summed E-state index contributed by atoms with van der Waals surface area (Å²) >= 11 is 1.88. The molecule has 2 nitrogen and oxygen atoms in total. The fraction of sp³-hybridized carbons (Fsp3) is 0. The molecule has 0 aliphatic carbocycles. The van der Waals surface area contributed by atoms with E-state index >= 15 is 0 Å². The molecule has 13 aromatic rings. The summed E-state index contributed by atoms with van der Waals surface area (Å²) in [5, 5.41) is 12.9. The zero-order valence-electron chi connectivity index (χ0n) is 31.7. The lowest BCUT2D eigenvalue weighted by atomic mass is 9.84. The largest absolute Gasteiger partial charge is 0.455 e. The molecule has 0 saturated carbocycles. The Morgan fingerprint density at radius 2 is 0.932 bits per heavy atom. The van der Waals surface area contributed by atoms with Gasteiger partial charge in [-0.1, -0.05) is 170 Å². The summed E-state index contributed by atoms with van der Waals surface area (Å²) in [4.78, 5) is 0. The number of para-hydroxylation sites is 1. The Labute approximate surface area is 342 Å². The number of fused-ring (bicyclic) bond motifs is 10. The van der Waals surface area contributed by atoms with Crippen LogP contribution < -0.4 is 0 Å². The fourth-order valence-corrected chi connectivity index (χ4v) is 10.9. The van der Waals surface area contributed by atoms with Gasteiger partial charge in [-0.2, -0.15) is 0 Å². The number of hydrogen-bond acceptors (Lipinski definition) is 3. The van der Waals surface area contributed by atoms with Crippen LogP contribution in [0.3, 0.4) is 0 Å². The van der Waals surface area contributed by atoms with Crippen molar-refractivity contribution in [2.75, 3.05) is 0 Å². The Bertz CT molecular complexity index is 3790. The van der Waals surface area contributed by atoms with Crippen LogP contribution in [0.25, 0.3) is 130 Å². The summed E-state index contributed by atoms with van der Waals surface area (Å²) in [6, 6.07) is 69.9. The normalized spacial score (nSPS) is 12.1. The van der Waals surface area contributed by atoms with E-state index in [0.717, 1.165) is 77.3 Å². The molecule has 3 heteroatoms. The van der Waals surface area contributed by atoms with Gasteiger partial charge in [0.25, 0.3) is 0 Å². The Balaban J connectivity index is 1.21. The van der Waals surface area contributed by atoms with Gasteiger partial charge in [0.05, 0.1) is 5.56 Å². The predicted molar refractivity (Wildman–Crippen MR) is 251 cm³/mol. The number of furan rings is 2. The van der Waals surface area contributed by atoms with Crippen LogP contribution in [0.15, 0.2) is 203 Å². The zero-order valence-corrected chi connectivity index (χ0v) is 32.5. The second-order valence-corrected chi connectivity index (χ2v) is 16.5. The first kappa shape index (κ1) is 32.6. The molecular formula is C56H32O2S. The lowest BCUT2D eigenvalue weighted by molar-refractivity contribution is 0.630. The predicted octanol–water partition coefficient (Wildman–Crippen LogP) is 16.8. The molecule has 0 bridgehead atoms. The molecule has 0 N–H and O–H groups in total. The van der Waals surface area contributed by atoms with Crippen molar-refractivity contribution < 1.29 is 8.83 Å². The third-order valence-electron chi connectivity index (χ3n) is 12.3. The molecule has 0 radical (unpaired) electrons. The number of hydrogen-bond donors (Lipinski definition) is 0. The zero-order chi connectivity index (χ0) is 38.6. The first-order valence-corrected chi connectivity index (χ1v) is 20.9. The fourth-order valence-electron chi connectivity index (χ4n) is 9.69. The molecule has 13 rings (SSSR count). The Morgan fingerprint density at radius 1 is 0.322 bits per heavy atom. The molecule has 0 aliphatic rings. The van der Waals surface area contributed by atoms with Gasteiger partial charge in [0.2, 0.25) is 0 Å². The van der Waals surface area contributed by atoms with Gasteiger partial charge in [-0.3, -0.25) is 0 Å². The van der Waals surface area contributed by atoms with E-state index in [1.165, 1.54) is 52.8 Å². The molecule has 10 aromatic carbocycles. The van der Waals surface area contributed by atoms with Crippen molar-refractivity contribution in [3.8, 4) is 44.7 Å². The van der Waals surface area contributed by atoms with Crippen LogP contribution in [-0.4, -0.2) is 0 Å². The molecule has 0 spiro atoms. The van der Waals surface area contributed by atoms with Crippen molar-refractivity contribution in [1.82, 2.24) is 0 Å². The van der Waals surface area contributed by atoms with E-state index in [4.69, 9.17) is 8.83 Å². The highest BCUT2D eigenvalue weighted by atomic mass is 32.1. The maximum absolute atomic E-state index is 7.42. The quantitative estimate of drug-likeness (QED) is 0.167. The van der Waals surface area contributed by atoms with Gasteiger partial charge in [-0.05, 0) is 67.7 Å². The summed E-state index contributed by atoms with van der Waals surface area (Å²) in [7, 11) is 0. The highest BCUT2D eigenvalue weighted by Crippen LogP contribution is 2.53. The summed E-state index contributed by atoms with van der Waals surface area (Å²) in [5.41, 5.74) is 10.3. The molecule has 59 heavy (non-hydrogen) atoms. The van der Waals surface area contributed by atoms with Gasteiger partial charge in [0.15, 0.2) is 0 Å². The Kier molecular flexibility index (Phi) is 6.92. The average molecular weight is 769 g/mol. The highest BCUT2D eigenvalue weighted by Gasteiger charge is 2.28. The minimum Gasteiger partial charge on any atom is -0.455 e. The summed E-state index contributed by atoms with van der Waals surface area (Å²) in [5.74, 6) is 0.844. The van der Waals surface area contributed by atoms with Gasteiger partial charge >= 0.3 is 0 Å². The summed E-state index contributed by atoms with van der Waals surface area (Å²) < 4.78 is 17.0. The van der Waals surface area contributed by atoms with Gasteiger partial charge in [0, 0.05) is 58.6 Å². The van der Waals surface area contributed by atoms with Gasteiger partial charge in [0.1, 0.15) is 22.5 Å². The minimum absolute atomic E-state index is 0.813. The van der Waals surface area contributed by atoms with Crippen LogP contribution in [0.5, 0.6) is 0 Å². The van der Waals surface area contributed by atoms with Crippen molar-refractivity contribution in [1.29, 1.82) is 0 Å². The van der Waals surface area contributed by atoms with Gasteiger partial charge in [-0.15, -0.1) is 11.3 Å². The van der Waals surface area contributed by atoms with Gasteiger partial charge in [-0.25, -0.2) is 0 Å². The molecule has 3 aromatic heterocycles. The van der Waals surface area contributed by atoms with Crippen LogP contribution in [0.1, 0.15) is 0 Å². The van der Waals surface area contributed by atoms with Crippen LogP contribution in [0, 0.1) is 0 Å². The van der Waals surface area contributed by atoms with Crippen molar-refractivity contribution in [3.63, 3.8) is 0 Å². The van der Waals surface area contributed by atoms with E-state index in [9.17, 15) is 0 Å². The summed E-state index contributed by atoms with van der Waals surface area (Å²) in [6.45, 7) is 0. The molecule has 0 unspecified atom stereocenters. The minimum atomic E-state index is 0.813. The SMILES string of the molecule is c1ccc(-c2c(-c3ccc4ccccc4c3)oc3c(-c4c5ccccc5c(-c5cccc6c5sc5ccccc56)c5ccccc45)c4oc5ccccc5c4cc23)cc1. The van der Waals surface area contributed by atoms with E-state index in [0.29, 0.717) is 0 Å². The van der Waals surface area contributed by atoms with E-state index in [1.807, 2.05) is 11.3 Å². The highest BCUT2D eigenvalue weighted by molar-refractivity contribution is 7.26. The average Bonchev–Trinajstić information content (AvgIpc) is 3.99. The second kappa shape index (κ2) is 12.5. The molecule has 0 amide bonds. The van der Waals surface area contributed by atoms with E-state index < -0.39 is 0 Å². The lowest BCUT2D eigenvalue weighted by Gasteiger charge is -2.18. The molecule has 274 valence electrons. The summed E-state index contributed by atoms with van der Waals surface area (Å²) in [6.07, 6.45) is 0. The van der Waals surface area contributed by atoms with Crippen molar-refractivity contribution >= 4 is 96.7 Å². The van der Waals surface area contributed by atoms with E-state index in [-0.39, 0.29) is 0 Å². The van der Waals surface area contributed by atoms with E-state index in [1.54, 1.807) is 0 Å². The molecule has 0 saturated heterocycles. The van der Waals surface area contributed by atoms with Crippen molar-refractivity contribution in [3.05, 3.63) is 194 Å². The third-order valence-corrected chi connectivity index (χ3v) is 13.5. The lowest BCUT2D eigenvalue weighted by Crippen LogP contribution is -1.92. The van der Waals surface area contributed by atoms with E-state index in [2.05, 4.69) is 194 Å². The number of benzene rings is 10. The second-order valence-electron chi connectivity index (χ2n) is 15.5. The molecular weight excluding hydrogens is 737 g/mol. The van der Waals surface area contributed by atoms with Crippen LogP contribution in [0.4, 0.5) is 0 Å². The van der Waals surface area contributed by atoms with Crippen LogP contribution in [0.2, 0.25) is 0 Å². The number of thiophene rings is 1. The topological polar surface area (TPSA) is 26.3 Å². The number of rotatable bonds is 4. The molecule has 3 heterocycles. The third kappa shape index (κ3) is 4.74. The molecule has 0 fully saturated rings. The first-order chi connectivity index (χ1) is 29.3. The smallest absolute Gasteiger partial charge is 0.147 e. The maximum Gasteiger partial charge on any atom is 0.147 e. The Hall–Kier alpha value is -7.46. The molecule has 0 atom stereocenters. The Morgan fingerprint density at radius 3 is 1.71 bits per heavy atom. The standard InChI is InChI=1S/C56H32O2S/c1-2-16-34(17-3-1)49-46-32-45-37-19-10-12-27-47(37)57-54(45)52(55(46)58-53(49)36-30-29-33-15-4-5-18-35(33)31-36)51-41-23-8-6-21-39(41)50(40-22-7-9-24-42(40)51)44-26-14-25-43-38-20-11-13-28-48(38)59-56(43)44/h1-32H. The first-order valence-electron chi connectivity index (χ1n) is 20.1. The van der Waals surface area contributed by atoms with Crippen molar-refractivity contribution in [2.24, 2.45) is 0 Å². The van der Waals surface area contributed by atoms with Crippen LogP contribution >= 0.6 is 11.3 Å². The monoisotopic (exact) mass is 768 g/mol. The molecule has 0 aliphatic heterocycles. The van der Waals surface area contributed by atoms with Gasteiger partial charge < -0.3 is 8.83 Å². The maximum atomic E-state index is 7.42.